The number of nitrogens with zero attached hydrogens (tertiary/aromatic N) is 1. The number of benzene rings is 2. The molecule has 0 radical (unpaired) electrons. The lowest BCUT2D eigenvalue weighted by atomic mass is 9.95. The molecule has 0 unspecified atom stereocenters. The molecule has 3 rings (SSSR count). The van der Waals surface area contributed by atoms with E-state index in [2.05, 4.69) is 5.32 Å². The number of methoxy groups -OCH3 is 1. The summed E-state index contributed by atoms with van der Waals surface area (Å²) in [5, 5.41) is 2.95. The van der Waals surface area contributed by atoms with Gasteiger partial charge in [0.25, 0.3) is 5.91 Å². The number of nitrogens with one attached hydrogen (secondary N) is 1. The molecular formula is C22H25FN2O3. The molecule has 1 saturated heterocycles. The van der Waals surface area contributed by atoms with Crippen LogP contribution in [0.5, 0.6) is 5.75 Å². The number of carbonyl (C=O) groups is 2. The van der Waals surface area contributed by atoms with Crippen LogP contribution in [-0.4, -0.2) is 43.5 Å². The van der Waals surface area contributed by atoms with Gasteiger partial charge in [-0.15, -0.1) is 0 Å². The number of para-hydroxylation sites is 1. The van der Waals surface area contributed by atoms with E-state index in [1.807, 2.05) is 12.1 Å². The summed E-state index contributed by atoms with van der Waals surface area (Å²) in [6.07, 6.45) is 1.95. The van der Waals surface area contributed by atoms with E-state index in [0.717, 1.165) is 5.56 Å². The molecule has 1 N–H and O–H groups in total. The monoisotopic (exact) mass is 384 g/mol. The first-order chi connectivity index (χ1) is 13.6. The van der Waals surface area contributed by atoms with Crippen LogP contribution in [-0.2, 0) is 11.2 Å². The van der Waals surface area contributed by atoms with Gasteiger partial charge in [-0.3, -0.25) is 9.59 Å². The third-order valence-electron chi connectivity index (χ3n) is 5.12. The summed E-state index contributed by atoms with van der Waals surface area (Å²) in [6.45, 7) is 1.62. The highest BCUT2D eigenvalue weighted by molar-refractivity contribution is 5.97. The Morgan fingerprint density at radius 2 is 1.79 bits per heavy atom. The molecule has 2 aromatic rings. The number of hydrogen-bond acceptors (Lipinski definition) is 3. The number of likely N-dealkylation sites (tertiary alicyclic amines) is 1. The summed E-state index contributed by atoms with van der Waals surface area (Å²) in [5.74, 6) is 0.171. The lowest BCUT2D eigenvalue weighted by Gasteiger charge is -2.31. The second-order valence-corrected chi connectivity index (χ2v) is 6.93. The fourth-order valence-electron chi connectivity index (χ4n) is 3.46. The third kappa shape index (κ3) is 4.88. The normalized spacial score (nSPS) is 14.6. The van der Waals surface area contributed by atoms with E-state index >= 15 is 0 Å². The molecule has 1 aliphatic rings. The maximum atomic E-state index is 12.9. The van der Waals surface area contributed by atoms with Gasteiger partial charge >= 0.3 is 0 Å². The summed E-state index contributed by atoms with van der Waals surface area (Å²) in [7, 11) is 1.55. The second kappa shape index (κ2) is 9.35. The van der Waals surface area contributed by atoms with Gasteiger partial charge in [0.1, 0.15) is 11.6 Å². The lowest BCUT2D eigenvalue weighted by molar-refractivity contribution is -0.126. The average molecular weight is 384 g/mol. The SMILES string of the molecule is COc1ccccc1C(=O)N1CCC(C(=O)NCCc2ccc(F)cc2)CC1. The molecule has 0 aromatic heterocycles. The Morgan fingerprint density at radius 1 is 1.11 bits per heavy atom. The zero-order valence-corrected chi connectivity index (χ0v) is 16.0. The predicted molar refractivity (Wildman–Crippen MR) is 105 cm³/mol. The molecule has 5 nitrogen and oxygen atoms in total. The highest BCUT2D eigenvalue weighted by Gasteiger charge is 2.28. The highest BCUT2D eigenvalue weighted by atomic mass is 19.1. The zero-order valence-electron chi connectivity index (χ0n) is 16.0. The number of piperidine rings is 1. The van der Waals surface area contributed by atoms with Crippen LogP contribution in [0.1, 0.15) is 28.8 Å². The first-order valence-electron chi connectivity index (χ1n) is 9.53. The summed E-state index contributed by atoms with van der Waals surface area (Å²) >= 11 is 0. The van der Waals surface area contributed by atoms with Crippen LogP contribution in [0.15, 0.2) is 48.5 Å². The first-order valence-corrected chi connectivity index (χ1v) is 9.53. The molecule has 2 aromatic carbocycles. The van der Waals surface area contributed by atoms with Gasteiger partial charge in [0.2, 0.25) is 5.91 Å². The maximum Gasteiger partial charge on any atom is 0.257 e. The third-order valence-corrected chi connectivity index (χ3v) is 5.12. The van der Waals surface area contributed by atoms with Crippen molar-refractivity contribution >= 4 is 11.8 Å². The Balaban J connectivity index is 1.46. The summed E-state index contributed by atoms with van der Waals surface area (Å²) in [4.78, 5) is 26.9. The Morgan fingerprint density at radius 3 is 2.46 bits per heavy atom. The van der Waals surface area contributed by atoms with Crippen molar-refractivity contribution in [3.05, 3.63) is 65.5 Å². The molecule has 0 bridgehead atoms. The van der Waals surface area contributed by atoms with Gasteiger partial charge in [0.15, 0.2) is 0 Å². The van der Waals surface area contributed by atoms with E-state index < -0.39 is 0 Å². The van der Waals surface area contributed by atoms with Crippen molar-refractivity contribution in [2.75, 3.05) is 26.7 Å². The van der Waals surface area contributed by atoms with Crippen LogP contribution in [0.3, 0.4) is 0 Å². The van der Waals surface area contributed by atoms with E-state index in [-0.39, 0.29) is 23.5 Å². The standard InChI is InChI=1S/C22H25FN2O3/c1-28-20-5-3-2-4-19(20)22(27)25-14-11-17(12-15-25)21(26)24-13-10-16-6-8-18(23)9-7-16/h2-9,17H,10-15H2,1H3,(H,24,26). The number of carbonyl (C=O) groups excluding carboxylic acids is 2. The quantitative estimate of drug-likeness (QED) is 0.833. The molecule has 1 fully saturated rings. The molecule has 1 heterocycles. The first kappa shape index (κ1) is 19.9. The van der Waals surface area contributed by atoms with E-state index in [1.54, 1.807) is 36.3 Å². The van der Waals surface area contributed by atoms with Gasteiger partial charge in [-0.25, -0.2) is 4.39 Å². The van der Waals surface area contributed by atoms with Gasteiger partial charge in [0, 0.05) is 25.6 Å². The second-order valence-electron chi connectivity index (χ2n) is 6.93. The maximum absolute atomic E-state index is 12.9. The Labute approximate surface area is 164 Å². The van der Waals surface area contributed by atoms with Gasteiger partial charge in [0.05, 0.1) is 12.7 Å². The van der Waals surface area contributed by atoms with Crippen LogP contribution in [0, 0.1) is 11.7 Å². The lowest BCUT2D eigenvalue weighted by Crippen LogP contribution is -2.43. The van der Waals surface area contributed by atoms with Gasteiger partial charge in [-0.1, -0.05) is 24.3 Å². The smallest absolute Gasteiger partial charge is 0.257 e. The van der Waals surface area contributed by atoms with Crippen LogP contribution in [0.4, 0.5) is 4.39 Å². The highest BCUT2D eigenvalue weighted by Crippen LogP contribution is 2.23. The molecule has 0 saturated carbocycles. The van der Waals surface area contributed by atoms with Gasteiger partial charge in [-0.2, -0.15) is 0 Å². The van der Waals surface area contributed by atoms with Crippen molar-refractivity contribution in [1.82, 2.24) is 10.2 Å². The fourth-order valence-corrected chi connectivity index (χ4v) is 3.46. The molecule has 148 valence electrons. The molecule has 2 amide bonds. The van der Waals surface area contributed by atoms with Gasteiger partial charge in [-0.05, 0) is 49.1 Å². The van der Waals surface area contributed by atoms with E-state index in [9.17, 15) is 14.0 Å². The topological polar surface area (TPSA) is 58.6 Å². The van der Waals surface area contributed by atoms with Crippen molar-refractivity contribution in [3.8, 4) is 5.75 Å². The number of halogens is 1. The minimum absolute atomic E-state index is 0.0199. The Hall–Kier alpha value is -2.89. The molecule has 6 heteroatoms. The largest absolute Gasteiger partial charge is 0.496 e. The van der Waals surface area contributed by atoms with Crippen molar-refractivity contribution in [2.45, 2.75) is 19.3 Å². The number of ether oxygens (including phenoxy) is 1. The van der Waals surface area contributed by atoms with Crippen LogP contribution in [0.25, 0.3) is 0 Å². The molecule has 28 heavy (non-hydrogen) atoms. The predicted octanol–water partition coefficient (Wildman–Crippen LogP) is 3.05. The summed E-state index contributed by atoms with van der Waals surface area (Å²) in [6, 6.07) is 13.5. The minimum atomic E-state index is -0.262. The van der Waals surface area contributed by atoms with Crippen LogP contribution < -0.4 is 10.1 Å². The number of hydrogen-bond donors (Lipinski definition) is 1. The van der Waals surface area contributed by atoms with Crippen molar-refractivity contribution in [2.24, 2.45) is 5.92 Å². The molecular weight excluding hydrogens is 359 g/mol. The molecule has 0 aliphatic carbocycles. The number of amides is 2. The molecule has 0 atom stereocenters. The van der Waals surface area contributed by atoms with Crippen LogP contribution >= 0.6 is 0 Å². The van der Waals surface area contributed by atoms with Gasteiger partial charge < -0.3 is 15.0 Å². The average Bonchev–Trinajstić information content (AvgIpc) is 2.74. The summed E-state index contributed by atoms with van der Waals surface area (Å²) in [5.41, 5.74) is 1.53. The van der Waals surface area contributed by atoms with E-state index in [0.29, 0.717) is 50.2 Å². The molecule has 0 spiro atoms. The summed E-state index contributed by atoms with van der Waals surface area (Å²) < 4.78 is 18.2. The van der Waals surface area contributed by atoms with Crippen LogP contribution in [0.2, 0.25) is 0 Å². The zero-order chi connectivity index (χ0) is 19.9. The number of rotatable bonds is 6. The van der Waals surface area contributed by atoms with Crippen molar-refractivity contribution in [3.63, 3.8) is 0 Å². The van der Waals surface area contributed by atoms with Crippen molar-refractivity contribution in [1.29, 1.82) is 0 Å². The molecule has 1 aliphatic heterocycles. The van der Waals surface area contributed by atoms with E-state index in [1.165, 1.54) is 12.1 Å². The Kier molecular flexibility index (Phi) is 6.63. The fraction of sp³-hybridized carbons (Fsp3) is 0.364. The Bertz CT molecular complexity index is 815. The van der Waals surface area contributed by atoms with Crippen molar-refractivity contribution < 1.29 is 18.7 Å². The minimum Gasteiger partial charge on any atom is -0.496 e. The van der Waals surface area contributed by atoms with E-state index in [4.69, 9.17) is 4.74 Å².